The van der Waals surface area contributed by atoms with Crippen LogP contribution in [0, 0.1) is 13.8 Å². The van der Waals surface area contributed by atoms with Crippen LogP contribution in [-0.4, -0.2) is 49.5 Å². The summed E-state index contributed by atoms with van der Waals surface area (Å²) in [5, 5.41) is 0. The molecule has 0 N–H and O–H groups in total. The minimum atomic E-state index is -3.07. The van der Waals surface area contributed by atoms with E-state index in [-0.39, 0.29) is 29.6 Å². The average Bonchev–Trinajstić information content (AvgIpc) is 2.82. The van der Waals surface area contributed by atoms with Gasteiger partial charge in [0.15, 0.2) is 9.84 Å². The smallest absolute Gasteiger partial charge is 0.318 e. The lowest BCUT2D eigenvalue weighted by Crippen LogP contribution is -2.38. The largest absolute Gasteiger partial charge is 0.325 e. The van der Waals surface area contributed by atoms with Crippen LogP contribution in [0.1, 0.15) is 18.1 Å². The average molecular weight is 308 g/mol. The number of rotatable bonds is 2. The van der Waals surface area contributed by atoms with Gasteiger partial charge < -0.3 is 4.90 Å². The Hall–Kier alpha value is -1.56. The lowest BCUT2D eigenvalue weighted by atomic mass is 10.1. The van der Waals surface area contributed by atoms with Gasteiger partial charge >= 0.3 is 6.03 Å². The maximum atomic E-state index is 12.7. The summed E-state index contributed by atoms with van der Waals surface area (Å²) < 4.78 is 24.0. The number of nitrogens with zero attached hydrogens (tertiary/aromatic N) is 2. The van der Waals surface area contributed by atoms with Gasteiger partial charge in [0.2, 0.25) is 0 Å². The molecule has 5 nitrogen and oxygen atoms in total. The normalized spacial score (nSPS) is 27.3. The molecular formula is C15H20N2O3S. The fraction of sp³-hybridized carbons (Fsp3) is 0.533. The molecule has 2 saturated heterocycles. The summed E-state index contributed by atoms with van der Waals surface area (Å²) in [6, 6.07) is 5.39. The van der Waals surface area contributed by atoms with Crippen molar-refractivity contribution in [1.29, 1.82) is 0 Å². The van der Waals surface area contributed by atoms with E-state index in [0.29, 0.717) is 6.54 Å². The maximum Gasteiger partial charge on any atom is 0.325 e. The van der Waals surface area contributed by atoms with Gasteiger partial charge in [-0.15, -0.1) is 0 Å². The van der Waals surface area contributed by atoms with Crippen molar-refractivity contribution in [3.63, 3.8) is 0 Å². The van der Waals surface area contributed by atoms with Gasteiger partial charge in [0.1, 0.15) is 0 Å². The van der Waals surface area contributed by atoms with E-state index < -0.39 is 9.84 Å². The molecule has 2 atom stereocenters. The van der Waals surface area contributed by atoms with Crippen molar-refractivity contribution in [3.05, 3.63) is 29.3 Å². The van der Waals surface area contributed by atoms with Gasteiger partial charge in [-0.25, -0.2) is 13.2 Å². The van der Waals surface area contributed by atoms with Crippen LogP contribution in [0.15, 0.2) is 18.2 Å². The van der Waals surface area contributed by atoms with Crippen LogP contribution in [0.4, 0.5) is 10.5 Å². The van der Waals surface area contributed by atoms with Gasteiger partial charge in [-0.2, -0.15) is 0 Å². The molecule has 0 aliphatic carbocycles. The predicted octanol–water partition coefficient (Wildman–Crippen LogP) is 1.73. The Morgan fingerprint density at radius 2 is 1.86 bits per heavy atom. The Morgan fingerprint density at radius 1 is 1.19 bits per heavy atom. The monoisotopic (exact) mass is 308 g/mol. The second-order valence-electron chi connectivity index (χ2n) is 5.94. The number of sulfone groups is 1. The first-order chi connectivity index (χ1) is 9.84. The van der Waals surface area contributed by atoms with Gasteiger partial charge in [0.05, 0.1) is 23.6 Å². The van der Waals surface area contributed by atoms with Gasteiger partial charge in [-0.05, 0) is 38.0 Å². The molecule has 0 radical (unpaired) electrons. The number of hydrogen-bond acceptors (Lipinski definition) is 3. The van der Waals surface area contributed by atoms with Gasteiger partial charge in [-0.1, -0.05) is 12.1 Å². The standard InChI is InChI=1S/C15H20N2O3S/c1-4-16-13-8-21(19,20)9-14(13)17(15(16)18)12-7-10(2)5-6-11(12)3/h5-7,13-14H,4,8-9H2,1-3H3. The van der Waals surface area contributed by atoms with Gasteiger partial charge in [0.25, 0.3) is 0 Å². The molecule has 1 aromatic carbocycles. The molecule has 0 bridgehead atoms. The molecule has 0 spiro atoms. The Balaban J connectivity index is 2.09. The molecule has 2 fully saturated rings. The first-order valence-corrected chi connectivity index (χ1v) is 9.03. The predicted molar refractivity (Wildman–Crippen MR) is 82.4 cm³/mol. The Kier molecular flexibility index (Phi) is 3.24. The highest BCUT2D eigenvalue weighted by Gasteiger charge is 2.53. The van der Waals surface area contributed by atoms with E-state index in [0.717, 1.165) is 16.8 Å². The zero-order valence-electron chi connectivity index (χ0n) is 12.5. The van der Waals surface area contributed by atoms with Crippen LogP contribution >= 0.6 is 0 Å². The number of carbonyl (C=O) groups excluding carboxylic acids is 1. The number of carbonyl (C=O) groups is 1. The molecule has 21 heavy (non-hydrogen) atoms. The second kappa shape index (κ2) is 4.73. The summed E-state index contributed by atoms with van der Waals surface area (Å²) in [5.41, 5.74) is 2.90. The van der Waals surface area contributed by atoms with Crippen molar-refractivity contribution in [3.8, 4) is 0 Å². The first kappa shape index (κ1) is 14.4. The van der Waals surface area contributed by atoms with Crippen LogP contribution in [-0.2, 0) is 9.84 Å². The highest BCUT2D eigenvalue weighted by atomic mass is 32.2. The third kappa shape index (κ3) is 2.21. The number of aryl methyl sites for hydroxylation is 2. The molecule has 0 saturated carbocycles. The summed E-state index contributed by atoms with van der Waals surface area (Å²) in [5.74, 6) is 0.145. The fourth-order valence-corrected chi connectivity index (χ4v) is 5.36. The van der Waals surface area contributed by atoms with E-state index in [1.165, 1.54) is 0 Å². The summed E-state index contributed by atoms with van der Waals surface area (Å²) in [6.45, 7) is 6.36. The molecule has 6 heteroatoms. The van der Waals surface area contributed by atoms with Crippen LogP contribution in [0.2, 0.25) is 0 Å². The number of benzene rings is 1. The van der Waals surface area contributed by atoms with Crippen molar-refractivity contribution in [2.24, 2.45) is 0 Å². The van der Waals surface area contributed by atoms with Crippen molar-refractivity contribution in [1.82, 2.24) is 4.90 Å². The van der Waals surface area contributed by atoms with E-state index in [4.69, 9.17) is 0 Å². The van der Waals surface area contributed by atoms with Crippen LogP contribution in [0.25, 0.3) is 0 Å². The van der Waals surface area contributed by atoms with Crippen molar-refractivity contribution >= 4 is 21.6 Å². The van der Waals surface area contributed by atoms with Gasteiger partial charge in [-0.3, -0.25) is 4.90 Å². The summed E-state index contributed by atoms with van der Waals surface area (Å²) >= 11 is 0. The van der Waals surface area contributed by atoms with Gasteiger partial charge in [0, 0.05) is 12.2 Å². The molecule has 3 rings (SSSR count). The number of fused-ring (bicyclic) bond motifs is 1. The third-order valence-electron chi connectivity index (χ3n) is 4.44. The number of amides is 2. The summed E-state index contributed by atoms with van der Waals surface area (Å²) in [7, 11) is -3.07. The minimum absolute atomic E-state index is 0.0628. The van der Waals surface area contributed by atoms with Crippen LogP contribution < -0.4 is 4.90 Å². The lowest BCUT2D eigenvalue weighted by Gasteiger charge is -2.24. The number of likely N-dealkylation sites (N-methyl/N-ethyl adjacent to an activating group) is 1. The third-order valence-corrected chi connectivity index (χ3v) is 6.14. The topological polar surface area (TPSA) is 57.7 Å². The number of urea groups is 1. The Bertz CT molecular complexity index is 699. The first-order valence-electron chi connectivity index (χ1n) is 7.21. The molecule has 2 heterocycles. The molecule has 2 aliphatic rings. The van der Waals surface area contributed by atoms with E-state index >= 15 is 0 Å². The van der Waals surface area contributed by atoms with Crippen LogP contribution in [0.5, 0.6) is 0 Å². The SMILES string of the molecule is CCN1C(=O)N(c2cc(C)ccc2C)C2CS(=O)(=O)CC21. The quantitative estimate of drug-likeness (QED) is 0.782. The van der Waals surface area contributed by atoms with Crippen molar-refractivity contribution in [2.75, 3.05) is 23.0 Å². The lowest BCUT2D eigenvalue weighted by molar-refractivity contribution is 0.212. The highest BCUT2D eigenvalue weighted by molar-refractivity contribution is 7.91. The summed E-state index contributed by atoms with van der Waals surface area (Å²) in [4.78, 5) is 16.1. The molecule has 1 aromatic rings. The van der Waals surface area contributed by atoms with Crippen molar-refractivity contribution < 1.29 is 13.2 Å². The van der Waals surface area contributed by atoms with E-state index in [1.807, 2.05) is 39.0 Å². The molecule has 0 aromatic heterocycles. The Morgan fingerprint density at radius 3 is 2.52 bits per heavy atom. The fourth-order valence-electron chi connectivity index (χ4n) is 3.41. The van der Waals surface area contributed by atoms with E-state index in [9.17, 15) is 13.2 Å². The molecule has 2 amide bonds. The molecule has 114 valence electrons. The maximum absolute atomic E-state index is 12.7. The van der Waals surface area contributed by atoms with Crippen LogP contribution in [0.3, 0.4) is 0 Å². The molecule has 2 aliphatic heterocycles. The molecular weight excluding hydrogens is 288 g/mol. The zero-order chi connectivity index (χ0) is 15.4. The summed E-state index contributed by atoms with van der Waals surface area (Å²) in [6.07, 6.45) is 0. The molecule has 2 unspecified atom stereocenters. The van der Waals surface area contributed by atoms with Crippen molar-refractivity contribution in [2.45, 2.75) is 32.9 Å². The zero-order valence-corrected chi connectivity index (χ0v) is 13.4. The van der Waals surface area contributed by atoms with E-state index in [1.54, 1.807) is 9.80 Å². The minimum Gasteiger partial charge on any atom is -0.318 e. The van der Waals surface area contributed by atoms with E-state index in [2.05, 4.69) is 0 Å². The second-order valence-corrected chi connectivity index (χ2v) is 8.09. The Labute approximate surface area is 125 Å². The number of hydrogen-bond donors (Lipinski definition) is 0. The highest BCUT2D eigenvalue weighted by Crippen LogP contribution is 2.36. The number of anilines is 1.